The minimum Gasteiger partial charge on any atom is -0.375 e. The second-order valence-electron chi connectivity index (χ2n) is 4.68. The summed E-state index contributed by atoms with van der Waals surface area (Å²) in [6.07, 6.45) is 14.7. The smallest absolute Gasteiger partial charge is 0.0614 e. The van der Waals surface area contributed by atoms with E-state index in [1.807, 2.05) is 6.08 Å². The molecule has 2 atom stereocenters. The third-order valence-corrected chi connectivity index (χ3v) is 3.25. The van der Waals surface area contributed by atoms with Crippen LogP contribution >= 0.6 is 0 Å². The molecule has 1 fully saturated rings. The third-order valence-electron chi connectivity index (χ3n) is 3.25. The van der Waals surface area contributed by atoms with E-state index in [9.17, 15) is 0 Å². The van der Waals surface area contributed by atoms with Crippen molar-refractivity contribution in [3.8, 4) is 0 Å². The molecule has 1 heteroatoms. The first-order chi connectivity index (χ1) is 7.36. The fourth-order valence-corrected chi connectivity index (χ4v) is 2.33. The lowest BCUT2D eigenvalue weighted by Crippen LogP contribution is -2.09. The van der Waals surface area contributed by atoms with Crippen LogP contribution in [0.2, 0.25) is 0 Å². The van der Waals surface area contributed by atoms with Crippen LogP contribution in [0, 0.1) is 0 Å². The average molecular weight is 210 g/mol. The van der Waals surface area contributed by atoms with Gasteiger partial charge in [-0.15, -0.1) is 6.58 Å². The Hall–Kier alpha value is -0.300. The normalized spacial score (nSPS) is 25.7. The van der Waals surface area contributed by atoms with Crippen LogP contribution < -0.4 is 0 Å². The molecule has 0 spiro atoms. The zero-order valence-electron chi connectivity index (χ0n) is 10.2. The van der Waals surface area contributed by atoms with Crippen LogP contribution in [-0.4, -0.2) is 12.2 Å². The van der Waals surface area contributed by atoms with Crippen LogP contribution in [0.5, 0.6) is 0 Å². The van der Waals surface area contributed by atoms with Crippen LogP contribution in [0.25, 0.3) is 0 Å². The van der Waals surface area contributed by atoms with Gasteiger partial charge in [0.1, 0.15) is 0 Å². The molecule has 0 radical (unpaired) electrons. The van der Waals surface area contributed by atoms with Gasteiger partial charge < -0.3 is 4.74 Å². The third kappa shape index (κ3) is 5.36. The molecule has 0 saturated carbocycles. The van der Waals surface area contributed by atoms with Gasteiger partial charge in [-0.2, -0.15) is 0 Å². The van der Waals surface area contributed by atoms with E-state index in [1.165, 1.54) is 51.4 Å². The molecule has 1 aliphatic rings. The highest BCUT2D eigenvalue weighted by atomic mass is 16.5. The van der Waals surface area contributed by atoms with E-state index in [4.69, 9.17) is 4.74 Å². The molecule has 0 aromatic heterocycles. The summed E-state index contributed by atoms with van der Waals surface area (Å²) in [6.45, 7) is 6.03. The van der Waals surface area contributed by atoms with Crippen molar-refractivity contribution in [1.82, 2.24) is 0 Å². The lowest BCUT2D eigenvalue weighted by atomic mass is 10.1. The predicted molar refractivity (Wildman–Crippen MR) is 66.1 cm³/mol. The fourth-order valence-electron chi connectivity index (χ4n) is 2.33. The van der Waals surface area contributed by atoms with E-state index >= 15 is 0 Å². The SMILES string of the molecule is C=CCC1CCC(CCCCCCC)O1. The Balaban J connectivity index is 1.96. The minimum absolute atomic E-state index is 0.475. The maximum absolute atomic E-state index is 5.94. The van der Waals surface area contributed by atoms with Gasteiger partial charge in [0.2, 0.25) is 0 Å². The summed E-state index contributed by atoms with van der Waals surface area (Å²) in [5, 5.41) is 0. The maximum atomic E-state index is 5.94. The first-order valence-electron chi connectivity index (χ1n) is 6.63. The molecule has 0 amide bonds. The molecule has 0 aliphatic carbocycles. The Kier molecular flexibility index (Phi) is 6.74. The van der Waals surface area contributed by atoms with Gasteiger partial charge in [0.05, 0.1) is 12.2 Å². The zero-order chi connectivity index (χ0) is 10.9. The number of rotatable bonds is 8. The summed E-state index contributed by atoms with van der Waals surface area (Å²) < 4.78 is 5.94. The molecule has 0 aromatic rings. The Labute approximate surface area is 94.9 Å². The van der Waals surface area contributed by atoms with Gasteiger partial charge in [-0.1, -0.05) is 45.1 Å². The molecule has 15 heavy (non-hydrogen) atoms. The number of unbranched alkanes of at least 4 members (excludes halogenated alkanes) is 4. The van der Waals surface area contributed by atoms with Gasteiger partial charge in [-0.05, 0) is 25.7 Å². The largest absolute Gasteiger partial charge is 0.375 e. The molecule has 0 bridgehead atoms. The number of hydrogen-bond donors (Lipinski definition) is 0. The van der Waals surface area contributed by atoms with Crippen LogP contribution in [0.15, 0.2) is 12.7 Å². The van der Waals surface area contributed by atoms with Crippen LogP contribution in [-0.2, 0) is 4.74 Å². The summed E-state index contributed by atoms with van der Waals surface area (Å²) >= 11 is 0. The van der Waals surface area contributed by atoms with E-state index in [2.05, 4.69) is 13.5 Å². The van der Waals surface area contributed by atoms with Crippen molar-refractivity contribution >= 4 is 0 Å². The van der Waals surface area contributed by atoms with Gasteiger partial charge >= 0.3 is 0 Å². The monoisotopic (exact) mass is 210 g/mol. The average Bonchev–Trinajstić information content (AvgIpc) is 2.66. The van der Waals surface area contributed by atoms with Crippen molar-refractivity contribution in [2.75, 3.05) is 0 Å². The molecular weight excluding hydrogens is 184 g/mol. The molecule has 2 unspecified atom stereocenters. The lowest BCUT2D eigenvalue weighted by Gasteiger charge is -2.12. The van der Waals surface area contributed by atoms with E-state index in [0.29, 0.717) is 12.2 Å². The van der Waals surface area contributed by atoms with Crippen molar-refractivity contribution in [2.24, 2.45) is 0 Å². The highest BCUT2D eigenvalue weighted by Crippen LogP contribution is 2.25. The standard InChI is InChI=1S/C14H26O/c1-3-5-6-7-8-10-14-12-11-13(15-14)9-4-2/h4,13-14H,2-3,5-12H2,1H3. The molecule has 1 aliphatic heterocycles. The minimum atomic E-state index is 0.475. The molecule has 0 N–H and O–H groups in total. The zero-order valence-corrected chi connectivity index (χ0v) is 10.2. The number of hydrogen-bond acceptors (Lipinski definition) is 1. The quantitative estimate of drug-likeness (QED) is 0.424. The molecule has 1 heterocycles. The summed E-state index contributed by atoms with van der Waals surface area (Å²) in [6, 6.07) is 0. The van der Waals surface area contributed by atoms with Gasteiger partial charge in [-0.3, -0.25) is 0 Å². The second kappa shape index (κ2) is 7.92. The van der Waals surface area contributed by atoms with Crippen LogP contribution in [0.3, 0.4) is 0 Å². The van der Waals surface area contributed by atoms with Crippen molar-refractivity contribution in [3.05, 3.63) is 12.7 Å². The van der Waals surface area contributed by atoms with Crippen molar-refractivity contribution < 1.29 is 4.74 Å². The van der Waals surface area contributed by atoms with Gasteiger partial charge in [0.25, 0.3) is 0 Å². The van der Waals surface area contributed by atoms with Gasteiger partial charge in [0, 0.05) is 0 Å². The Morgan fingerprint density at radius 1 is 1.13 bits per heavy atom. The second-order valence-corrected chi connectivity index (χ2v) is 4.68. The topological polar surface area (TPSA) is 9.23 Å². The van der Waals surface area contributed by atoms with Gasteiger partial charge in [0.15, 0.2) is 0 Å². The Morgan fingerprint density at radius 3 is 2.60 bits per heavy atom. The van der Waals surface area contributed by atoms with E-state index in [0.717, 1.165) is 6.42 Å². The number of ether oxygens (including phenoxy) is 1. The maximum Gasteiger partial charge on any atom is 0.0614 e. The van der Waals surface area contributed by atoms with Crippen molar-refractivity contribution in [2.45, 2.75) is 76.9 Å². The lowest BCUT2D eigenvalue weighted by molar-refractivity contribution is 0.0411. The molecule has 88 valence electrons. The molecule has 0 aromatic carbocycles. The predicted octanol–water partition coefficient (Wildman–Crippen LogP) is 4.47. The molecule has 1 saturated heterocycles. The summed E-state index contributed by atoms with van der Waals surface area (Å²) in [5.41, 5.74) is 0. The molecular formula is C14H26O. The van der Waals surface area contributed by atoms with E-state index in [1.54, 1.807) is 0 Å². The fraction of sp³-hybridized carbons (Fsp3) is 0.857. The van der Waals surface area contributed by atoms with E-state index in [-0.39, 0.29) is 0 Å². The van der Waals surface area contributed by atoms with Crippen molar-refractivity contribution in [3.63, 3.8) is 0 Å². The van der Waals surface area contributed by atoms with E-state index < -0.39 is 0 Å². The highest BCUT2D eigenvalue weighted by Gasteiger charge is 2.23. The molecule has 1 nitrogen and oxygen atoms in total. The Bertz CT molecular complexity index is 165. The van der Waals surface area contributed by atoms with Crippen LogP contribution in [0.1, 0.15) is 64.7 Å². The summed E-state index contributed by atoms with van der Waals surface area (Å²) in [5.74, 6) is 0. The van der Waals surface area contributed by atoms with Crippen LogP contribution in [0.4, 0.5) is 0 Å². The molecule has 1 rings (SSSR count). The van der Waals surface area contributed by atoms with Crippen molar-refractivity contribution in [1.29, 1.82) is 0 Å². The summed E-state index contributed by atoms with van der Waals surface area (Å²) in [7, 11) is 0. The first kappa shape index (κ1) is 12.8. The first-order valence-corrected chi connectivity index (χ1v) is 6.63. The Morgan fingerprint density at radius 2 is 1.87 bits per heavy atom. The highest BCUT2D eigenvalue weighted by molar-refractivity contribution is 4.80. The summed E-state index contributed by atoms with van der Waals surface area (Å²) in [4.78, 5) is 0. The van der Waals surface area contributed by atoms with Gasteiger partial charge in [-0.25, -0.2) is 0 Å².